The molecule has 4 nitrogen and oxygen atoms in total. The van der Waals surface area contributed by atoms with Crippen LogP contribution in [0.25, 0.3) is 0 Å². The SMILES string of the molecule is C/C(=N\NC(=O)COc1ccccc1Cl)c1ccc(F)cc1. The van der Waals surface area contributed by atoms with Crippen LogP contribution in [-0.2, 0) is 4.79 Å². The Balaban J connectivity index is 1.88. The van der Waals surface area contributed by atoms with Gasteiger partial charge in [-0.3, -0.25) is 4.79 Å². The van der Waals surface area contributed by atoms with Crippen LogP contribution in [0, 0.1) is 5.82 Å². The molecule has 0 aliphatic carbocycles. The van der Waals surface area contributed by atoms with Crippen LogP contribution < -0.4 is 10.2 Å². The van der Waals surface area contributed by atoms with Crippen LogP contribution >= 0.6 is 11.6 Å². The molecule has 1 amide bonds. The van der Waals surface area contributed by atoms with E-state index in [-0.39, 0.29) is 12.4 Å². The van der Waals surface area contributed by atoms with Crippen molar-refractivity contribution in [3.05, 3.63) is 64.9 Å². The van der Waals surface area contributed by atoms with Crippen LogP contribution in [-0.4, -0.2) is 18.2 Å². The molecule has 2 rings (SSSR count). The molecule has 6 heteroatoms. The first kappa shape index (κ1) is 16.0. The smallest absolute Gasteiger partial charge is 0.277 e. The minimum absolute atomic E-state index is 0.204. The third kappa shape index (κ3) is 4.56. The maximum Gasteiger partial charge on any atom is 0.277 e. The molecule has 22 heavy (non-hydrogen) atoms. The Morgan fingerprint density at radius 1 is 1.23 bits per heavy atom. The quantitative estimate of drug-likeness (QED) is 0.678. The number of carbonyl (C=O) groups is 1. The monoisotopic (exact) mass is 320 g/mol. The van der Waals surface area contributed by atoms with E-state index >= 15 is 0 Å². The molecule has 0 radical (unpaired) electrons. The minimum atomic E-state index is -0.415. The van der Waals surface area contributed by atoms with Crippen molar-refractivity contribution >= 4 is 23.2 Å². The summed E-state index contributed by atoms with van der Waals surface area (Å²) in [6.07, 6.45) is 0. The fourth-order valence-corrected chi connectivity index (χ4v) is 1.83. The zero-order chi connectivity index (χ0) is 15.9. The van der Waals surface area contributed by atoms with E-state index in [1.807, 2.05) is 0 Å². The number of hydrogen-bond donors (Lipinski definition) is 1. The number of rotatable bonds is 5. The molecule has 0 saturated carbocycles. The summed E-state index contributed by atoms with van der Waals surface area (Å²) < 4.78 is 18.1. The maximum atomic E-state index is 12.8. The van der Waals surface area contributed by atoms with E-state index in [2.05, 4.69) is 10.5 Å². The normalized spacial score (nSPS) is 11.1. The second kappa shape index (κ2) is 7.56. The first-order chi connectivity index (χ1) is 10.6. The summed E-state index contributed by atoms with van der Waals surface area (Å²) in [5.41, 5.74) is 3.65. The molecule has 2 aromatic rings. The fraction of sp³-hybridized carbons (Fsp3) is 0.125. The molecule has 0 bridgehead atoms. The molecule has 0 spiro atoms. The Hall–Kier alpha value is -2.40. The van der Waals surface area contributed by atoms with Crippen LogP contribution in [0.1, 0.15) is 12.5 Å². The third-order valence-corrected chi connectivity index (χ3v) is 3.12. The van der Waals surface area contributed by atoms with Crippen LogP contribution in [0.5, 0.6) is 5.75 Å². The average molecular weight is 321 g/mol. The summed E-state index contributed by atoms with van der Waals surface area (Å²) in [6, 6.07) is 12.7. The summed E-state index contributed by atoms with van der Waals surface area (Å²) >= 11 is 5.91. The topological polar surface area (TPSA) is 50.7 Å². The molecule has 114 valence electrons. The Morgan fingerprint density at radius 2 is 1.91 bits per heavy atom. The summed E-state index contributed by atoms with van der Waals surface area (Å²) in [5, 5.41) is 4.37. The van der Waals surface area contributed by atoms with E-state index in [9.17, 15) is 9.18 Å². The number of halogens is 2. The first-order valence-electron chi connectivity index (χ1n) is 6.52. The van der Waals surface area contributed by atoms with Gasteiger partial charge >= 0.3 is 0 Å². The van der Waals surface area contributed by atoms with Crippen molar-refractivity contribution in [3.8, 4) is 5.75 Å². The van der Waals surface area contributed by atoms with Gasteiger partial charge in [0.1, 0.15) is 11.6 Å². The Morgan fingerprint density at radius 3 is 2.59 bits per heavy atom. The highest BCUT2D eigenvalue weighted by Crippen LogP contribution is 2.22. The van der Waals surface area contributed by atoms with Crippen LogP contribution in [0.4, 0.5) is 4.39 Å². The van der Waals surface area contributed by atoms with Gasteiger partial charge in [0.2, 0.25) is 0 Å². The van der Waals surface area contributed by atoms with E-state index < -0.39 is 5.91 Å². The fourth-order valence-electron chi connectivity index (χ4n) is 1.64. The maximum absolute atomic E-state index is 12.8. The second-order valence-corrected chi connectivity index (χ2v) is 4.87. The molecule has 0 fully saturated rings. The van der Waals surface area contributed by atoms with Crippen LogP contribution in [0.3, 0.4) is 0 Å². The lowest BCUT2D eigenvalue weighted by atomic mass is 10.1. The van der Waals surface area contributed by atoms with Gasteiger partial charge in [-0.1, -0.05) is 35.9 Å². The Bertz CT molecular complexity index is 687. The van der Waals surface area contributed by atoms with Gasteiger partial charge in [0, 0.05) is 0 Å². The van der Waals surface area contributed by atoms with Crippen LogP contribution in [0.2, 0.25) is 5.02 Å². The van der Waals surface area contributed by atoms with Crippen molar-refractivity contribution in [2.75, 3.05) is 6.61 Å². The van der Waals surface area contributed by atoms with Crippen molar-refractivity contribution in [1.29, 1.82) is 0 Å². The summed E-state index contributed by atoms with van der Waals surface area (Å²) in [6.45, 7) is 1.51. The molecular weight excluding hydrogens is 307 g/mol. The Labute approximate surface area is 132 Å². The number of hydrazone groups is 1. The Kier molecular flexibility index (Phi) is 5.49. The number of para-hydroxylation sites is 1. The first-order valence-corrected chi connectivity index (χ1v) is 6.90. The number of hydrogen-bond acceptors (Lipinski definition) is 3. The van der Waals surface area contributed by atoms with E-state index in [0.29, 0.717) is 22.0 Å². The highest BCUT2D eigenvalue weighted by molar-refractivity contribution is 6.32. The van der Waals surface area contributed by atoms with E-state index in [1.165, 1.54) is 12.1 Å². The summed E-state index contributed by atoms with van der Waals surface area (Å²) in [4.78, 5) is 11.7. The summed E-state index contributed by atoms with van der Waals surface area (Å²) in [7, 11) is 0. The second-order valence-electron chi connectivity index (χ2n) is 4.46. The zero-order valence-electron chi connectivity index (χ0n) is 11.8. The van der Waals surface area contributed by atoms with Gasteiger partial charge in [-0.25, -0.2) is 9.82 Å². The molecule has 0 atom stereocenters. The van der Waals surface area contributed by atoms with Crippen molar-refractivity contribution in [1.82, 2.24) is 5.43 Å². The lowest BCUT2D eigenvalue weighted by molar-refractivity contribution is -0.123. The molecule has 0 aliphatic heterocycles. The minimum Gasteiger partial charge on any atom is -0.482 e. The van der Waals surface area contributed by atoms with E-state index in [4.69, 9.17) is 16.3 Å². The van der Waals surface area contributed by atoms with Gasteiger partial charge in [-0.15, -0.1) is 0 Å². The highest BCUT2D eigenvalue weighted by atomic mass is 35.5. The van der Waals surface area contributed by atoms with Gasteiger partial charge in [0.05, 0.1) is 10.7 Å². The van der Waals surface area contributed by atoms with Gasteiger partial charge < -0.3 is 4.74 Å². The lowest BCUT2D eigenvalue weighted by Crippen LogP contribution is -2.25. The van der Waals surface area contributed by atoms with Crippen molar-refractivity contribution in [2.24, 2.45) is 5.10 Å². The van der Waals surface area contributed by atoms with Gasteiger partial charge in [-0.2, -0.15) is 5.10 Å². The lowest BCUT2D eigenvalue weighted by Gasteiger charge is -2.07. The highest BCUT2D eigenvalue weighted by Gasteiger charge is 2.05. The molecule has 1 N–H and O–H groups in total. The average Bonchev–Trinajstić information content (AvgIpc) is 2.52. The molecule has 2 aromatic carbocycles. The molecule has 0 aromatic heterocycles. The predicted molar refractivity (Wildman–Crippen MR) is 83.7 cm³/mol. The molecule has 0 aliphatic rings. The van der Waals surface area contributed by atoms with E-state index in [1.54, 1.807) is 43.3 Å². The third-order valence-electron chi connectivity index (χ3n) is 2.81. The predicted octanol–water partition coefficient (Wildman–Crippen LogP) is 3.40. The van der Waals surface area contributed by atoms with E-state index in [0.717, 1.165) is 0 Å². The van der Waals surface area contributed by atoms with Crippen molar-refractivity contribution < 1.29 is 13.9 Å². The number of nitrogens with zero attached hydrogens (tertiary/aromatic N) is 1. The largest absolute Gasteiger partial charge is 0.482 e. The van der Waals surface area contributed by atoms with Crippen molar-refractivity contribution in [2.45, 2.75) is 6.92 Å². The zero-order valence-corrected chi connectivity index (χ0v) is 12.6. The molecule has 0 unspecified atom stereocenters. The standard InChI is InChI=1S/C16H14ClFN2O2/c1-11(12-6-8-13(18)9-7-12)19-20-16(21)10-22-15-5-3-2-4-14(15)17/h2-9H,10H2,1H3,(H,20,21)/b19-11+. The number of benzene rings is 2. The van der Waals surface area contributed by atoms with Crippen LogP contribution in [0.15, 0.2) is 53.6 Å². The van der Waals surface area contributed by atoms with Gasteiger partial charge in [-0.05, 0) is 36.8 Å². The molecule has 0 saturated heterocycles. The van der Waals surface area contributed by atoms with Gasteiger partial charge in [0.25, 0.3) is 5.91 Å². The molecular formula is C16H14ClFN2O2. The van der Waals surface area contributed by atoms with Gasteiger partial charge in [0.15, 0.2) is 6.61 Å². The molecule has 0 heterocycles. The summed E-state index contributed by atoms with van der Waals surface area (Å²) in [5.74, 6) is -0.311. The number of carbonyl (C=O) groups excluding carboxylic acids is 1. The van der Waals surface area contributed by atoms with Crippen molar-refractivity contribution in [3.63, 3.8) is 0 Å². The number of nitrogens with one attached hydrogen (secondary N) is 1. The number of ether oxygens (including phenoxy) is 1. The number of amides is 1.